The number of nitrogens with zero attached hydrogens (tertiary/aromatic N) is 1. The molecule has 1 aromatic carbocycles. The second kappa shape index (κ2) is 6.95. The molecule has 0 aromatic heterocycles. The number of fused-ring (bicyclic) bond motifs is 3. The molecular weight excluding hydrogens is 306 g/mol. The minimum absolute atomic E-state index is 0.539. The van der Waals surface area contributed by atoms with Gasteiger partial charge >= 0.3 is 0 Å². The Morgan fingerprint density at radius 2 is 1.60 bits per heavy atom. The molecule has 0 N–H and O–H groups in total. The topological polar surface area (TPSA) is 12.5 Å². The van der Waals surface area contributed by atoms with Crippen molar-refractivity contribution in [1.29, 1.82) is 0 Å². The van der Waals surface area contributed by atoms with E-state index in [-0.39, 0.29) is 0 Å². The predicted molar refractivity (Wildman–Crippen MR) is 105 cm³/mol. The molecule has 3 atom stereocenters. The van der Waals surface area contributed by atoms with Crippen molar-refractivity contribution in [3.05, 3.63) is 28.3 Å². The molecule has 0 radical (unpaired) electrons. The Morgan fingerprint density at radius 3 is 2.28 bits per heavy atom. The standard InChI is InChI=1S/C23H35NO/c1-15-14-19(16-10-6-5-7-11-16)23(25-4)21-20(15)17-12-8-9-13-18(17)22(21)24(2)3/h14,16-18,22H,5-13H2,1-4H3. The summed E-state index contributed by atoms with van der Waals surface area (Å²) in [5.41, 5.74) is 6.27. The summed E-state index contributed by atoms with van der Waals surface area (Å²) < 4.78 is 6.16. The largest absolute Gasteiger partial charge is 0.496 e. The lowest BCUT2D eigenvalue weighted by atomic mass is 9.77. The van der Waals surface area contributed by atoms with E-state index in [2.05, 4.69) is 32.0 Å². The monoisotopic (exact) mass is 341 g/mol. The maximum absolute atomic E-state index is 6.16. The van der Waals surface area contributed by atoms with Gasteiger partial charge in [0.2, 0.25) is 0 Å². The van der Waals surface area contributed by atoms with Crippen LogP contribution in [0.25, 0.3) is 0 Å². The molecule has 0 aliphatic heterocycles. The molecule has 0 saturated heterocycles. The molecule has 0 bridgehead atoms. The first-order valence-corrected chi connectivity index (χ1v) is 10.5. The number of hydrogen-bond donors (Lipinski definition) is 0. The summed E-state index contributed by atoms with van der Waals surface area (Å²) in [4.78, 5) is 2.47. The third-order valence-corrected chi connectivity index (χ3v) is 7.29. The number of rotatable bonds is 3. The SMILES string of the molecule is COc1c(C2CCCCC2)cc(C)c2c1C(N(C)C)C1CCCCC21. The highest BCUT2D eigenvalue weighted by atomic mass is 16.5. The van der Waals surface area contributed by atoms with E-state index in [1.807, 2.05) is 7.11 Å². The molecule has 1 aromatic rings. The first kappa shape index (κ1) is 17.4. The van der Waals surface area contributed by atoms with Gasteiger partial charge < -0.3 is 9.64 Å². The first-order chi connectivity index (χ1) is 12.1. The zero-order valence-electron chi connectivity index (χ0n) is 16.6. The van der Waals surface area contributed by atoms with Crippen molar-refractivity contribution in [2.75, 3.05) is 21.2 Å². The van der Waals surface area contributed by atoms with Crippen LogP contribution in [-0.4, -0.2) is 26.1 Å². The van der Waals surface area contributed by atoms with Crippen LogP contribution in [0, 0.1) is 12.8 Å². The van der Waals surface area contributed by atoms with Gasteiger partial charge in [-0.05, 0) is 81.1 Å². The molecule has 3 aliphatic carbocycles. The maximum Gasteiger partial charge on any atom is 0.127 e. The van der Waals surface area contributed by atoms with Gasteiger partial charge in [-0.3, -0.25) is 0 Å². The quantitative estimate of drug-likeness (QED) is 0.674. The van der Waals surface area contributed by atoms with Crippen LogP contribution in [0.15, 0.2) is 6.07 Å². The minimum Gasteiger partial charge on any atom is -0.496 e. The van der Waals surface area contributed by atoms with Crippen molar-refractivity contribution < 1.29 is 4.74 Å². The number of benzene rings is 1. The molecule has 2 nitrogen and oxygen atoms in total. The molecule has 2 fully saturated rings. The fraction of sp³-hybridized carbons (Fsp3) is 0.739. The van der Waals surface area contributed by atoms with Gasteiger partial charge in [-0.15, -0.1) is 0 Å². The number of ether oxygens (including phenoxy) is 1. The fourth-order valence-electron chi connectivity index (χ4n) is 6.35. The normalized spacial score (nSPS) is 29.6. The average molecular weight is 342 g/mol. The van der Waals surface area contributed by atoms with E-state index in [4.69, 9.17) is 4.74 Å². The molecule has 138 valence electrons. The smallest absolute Gasteiger partial charge is 0.127 e. The molecule has 2 heteroatoms. The van der Waals surface area contributed by atoms with Crippen LogP contribution in [0.4, 0.5) is 0 Å². The predicted octanol–water partition coefficient (Wildman–Crippen LogP) is 5.94. The Hall–Kier alpha value is -1.02. The van der Waals surface area contributed by atoms with Crippen LogP contribution < -0.4 is 4.74 Å². The highest BCUT2D eigenvalue weighted by Crippen LogP contribution is 2.59. The molecule has 0 spiro atoms. The molecule has 25 heavy (non-hydrogen) atoms. The van der Waals surface area contributed by atoms with E-state index >= 15 is 0 Å². The molecule has 0 heterocycles. The van der Waals surface area contributed by atoms with Gasteiger partial charge in [-0.1, -0.05) is 38.2 Å². The lowest BCUT2D eigenvalue weighted by Gasteiger charge is -2.33. The number of hydrogen-bond acceptors (Lipinski definition) is 2. The van der Waals surface area contributed by atoms with Crippen LogP contribution in [0.2, 0.25) is 0 Å². The summed E-state index contributed by atoms with van der Waals surface area (Å²) >= 11 is 0. The van der Waals surface area contributed by atoms with E-state index in [1.54, 1.807) is 11.1 Å². The molecule has 3 aliphatic rings. The van der Waals surface area contributed by atoms with E-state index in [0.29, 0.717) is 12.0 Å². The molecule has 4 rings (SSSR count). The van der Waals surface area contributed by atoms with Crippen LogP contribution >= 0.6 is 0 Å². The Bertz CT molecular complexity index is 629. The van der Waals surface area contributed by atoms with Crippen molar-refractivity contribution in [2.24, 2.45) is 5.92 Å². The summed E-state index contributed by atoms with van der Waals surface area (Å²) in [5.74, 6) is 3.50. The van der Waals surface area contributed by atoms with E-state index in [0.717, 1.165) is 11.8 Å². The fourth-order valence-corrected chi connectivity index (χ4v) is 6.35. The molecular formula is C23H35NO. The van der Waals surface area contributed by atoms with E-state index in [9.17, 15) is 0 Å². The third kappa shape index (κ3) is 2.81. The van der Waals surface area contributed by atoms with Crippen molar-refractivity contribution in [1.82, 2.24) is 4.90 Å². The second-order valence-corrected chi connectivity index (χ2v) is 8.94. The lowest BCUT2D eigenvalue weighted by molar-refractivity contribution is 0.171. The summed E-state index contributed by atoms with van der Waals surface area (Å²) in [6.45, 7) is 2.37. The lowest BCUT2D eigenvalue weighted by Crippen LogP contribution is -2.27. The van der Waals surface area contributed by atoms with Crippen molar-refractivity contribution >= 4 is 0 Å². The first-order valence-electron chi connectivity index (χ1n) is 10.5. The van der Waals surface area contributed by atoms with Crippen LogP contribution in [0.5, 0.6) is 5.75 Å². The van der Waals surface area contributed by atoms with Crippen molar-refractivity contribution in [3.63, 3.8) is 0 Å². The van der Waals surface area contributed by atoms with Crippen LogP contribution in [0.1, 0.15) is 97.9 Å². The Morgan fingerprint density at radius 1 is 0.920 bits per heavy atom. The number of methoxy groups -OCH3 is 1. The van der Waals surface area contributed by atoms with Gasteiger partial charge in [0, 0.05) is 11.6 Å². The highest BCUT2D eigenvalue weighted by Gasteiger charge is 2.46. The van der Waals surface area contributed by atoms with Crippen LogP contribution in [0.3, 0.4) is 0 Å². The molecule has 3 unspecified atom stereocenters. The average Bonchev–Trinajstić information content (AvgIpc) is 2.98. The highest BCUT2D eigenvalue weighted by molar-refractivity contribution is 5.58. The van der Waals surface area contributed by atoms with Gasteiger partial charge in [0.05, 0.1) is 7.11 Å². The minimum atomic E-state index is 0.539. The Labute approximate surface area is 153 Å². The molecule has 0 amide bonds. The summed E-state index contributed by atoms with van der Waals surface area (Å²) in [5, 5.41) is 0. The van der Waals surface area contributed by atoms with E-state index < -0.39 is 0 Å². The Balaban J connectivity index is 1.87. The Kier molecular flexibility index (Phi) is 4.83. The zero-order valence-corrected chi connectivity index (χ0v) is 16.6. The van der Waals surface area contributed by atoms with E-state index in [1.165, 1.54) is 74.7 Å². The number of aryl methyl sites for hydroxylation is 1. The van der Waals surface area contributed by atoms with Gasteiger partial charge in [0.25, 0.3) is 0 Å². The van der Waals surface area contributed by atoms with Gasteiger partial charge in [-0.25, -0.2) is 0 Å². The summed E-state index contributed by atoms with van der Waals surface area (Å²) in [6.07, 6.45) is 12.4. The molecule has 2 saturated carbocycles. The van der Waals surface area contributed by atoms with Crippen molar-refractivity contribution in [3.8, 4) is 5.75 Å². The van der Waals surface area contributed by atoms with Gasteiger partial charge in [0.1, 0.15) is 5.75 Å². The maximum atomic E-state index is 6.16. The zero-order chi connectivity index (χ0) is 17.6. The van der Waals surface area contributed by atoms with Gasteiger partial charge in [0.15, 0.2) is 0 Å². The summed E-state index contributed by atoms with van der Waals surface area (Å²) in [6, 6.07) is 3.05. The van der Waals surface area contributed by atoms with Crippen molar-refractivity contribution in [2.45, 2.75) is 82.6 Å². The van der Waals surface area contributed by atoms with Gasteiger partial charge in [-0.2, -0.15) is 0 Å². The second-order valence-electron chi connectivity index (χ2n) is 8.94. The summed E-state index contributed by atoms with van der Waals surface area (Å²) in [7, 11) is 6.45. The van der Waals surface area contributed by atoms with Crippen LogP contribution in [-0.2, 0) is 0 Å². The third-order valence-electron chi connectivity index (χ3n) is 7.29.